The molecule has 23 heavy (non-hydrogen) atoms. The smallest absolute Gasteiger partial charge is 0.224 e. The summed E-state index contributed by atoms with van der Waals surface area (Å²) >= 11 is 0. The van der Waals surface area contributed by atoms with Crippen LogP contribution in [0, 0.1) is 5.82 Å². The molecule has 116 valence electrons. The summed E-state index contributed by atoms with van der Waals surface area (Å²) in [7, 11) is 0. The second kappa shape index (κ2) is 6.35. The highest BCUT2D eigenvalue weighted by Crippen LogP contribution is 2.15. The molecule has 0 saturated carbocycles. The molecular weight excluding hydrogens is 299 g/mol. The zero-order chi connectivity index (χ0) is 16.2. The van der Waals surface area contributed by atoms with E-state index in [-0.39, 0.29) is 24.5 Å². The molecule has 0 aliphatic rings. The molecule has 3 aromatic rings. The van der Waals surface area contributed by atoms with Crippen molar-refractivity contribution < 1.29 is 14.0 Å². The molecule has 0 aliphatic heterocycles. The van der Waals surface area contributed by atoms with Crippen LogP contribution in [0.4, 0.5) is 10.1 Å². The van der Waals surface area contributed by atoms with Crippen molar-refractivity contribution in [2.45, 2.75) is 12.8 Å². The van der Waals surface area contributed by atoms with Crippen molar-refractivity contribution in [1.82, 2.24) is 15.4 Å². The summed E-state index contributed by atoms with van der Waals surface area (Å²) in [5.41, 5.74) is 2.33. The van der Waals surface area contributed by atoms with E-state index >= 15 is 0 Å². The Morgan fingerprint density at radius 3 is 2.52 bits per heavy atom. The lowest BCUT2D eigenvalue weighted by Gasteiger charge is -2.05. The highest BCUT2D eigenvalue weighted by Gasteiger charge is 2.10. The molecule has 3 rings (SSSR count). The molecular formula is C16H13FN4O2. The number of carbonyl (C=O) groups excluding carboxylic acids is 2. The van der Waals surface area contributed by atoms with Gasteiger partial charge in [0.15, 0.2) is 5.78 Å². The van der Waals surface area contributed by atoms with E-state index in [1.807, 2.05) is 0 Å². The Labute approximate surface area is 130 Å². The minimum Gasteiger partial charge on any atom is -0.326 e. The quantitative estimate of drug-likeness (QED) is 0.709. The number of amides is 1. The van der Waals surface area contributed by atoms with E-state index in [9.17, 15) is 14.0 Å². The number of aromatic nitrogens is 3. The zero-order valence-corrected chi connectivity index (χ0v) is 12.0. The lowest BCUT2D eigenvalue weighted by Crippen LogP contribution is -2.13. The van der Waals surface area contributed by atoms with Crippen LogP contribution in [-0.4, -0.2) is 27.1 Å². The van der Waals surface area contributed by atoms with Gasteiger partial charge in [-0.25, -0.2) is 4.39 Å². The van der Waals surface area contributed by atoms with Gasteiger partial charge < -0.3 is 5.32 Å². The molecule has 0 fully saturated rings. The average Bonchev–Trinajstić information content (AvgIpc) is 3.01. The molecule has 1 aromatic heterocycles. The minimum atomic E-state index is -0.400. The number of H-pyrrole nitrogens is 1. The van der Waals surface area contributed by atoms with E-state index in [0.29, 0.717) is 22.3 Å². The largest absolute Gasteiger partial charge is 0.326 e. The molecule has 0 radical (unpaired) electrons. The number of hydrogen-bond donors (Lipinski definition) is 2. The Bertz CT molecular complexity index is 858. The van der Waals surface area contributed by atoms with Crippen LogP contribution < -0.4 is 5.32 Å². The van der Waals surface area contributed by atoms with Gasteiger partial charge in [-0.05, 0) is 42.5 Å². The van der Waals surface area contributed by atoms with E-state index in [2.05, 4.69) is 20.7 Å². The highest BCUT2D eigenvalue weighted by atomic mass is 19.1. The number of ketones is 1. The van der Waals surface area contributed by atoms with Crippen molar-refractivity contribution in [2.24, 2.45) is 0 Å². The summed E-state index contributed by atoms with van der Waals surface area (Å²) in [5, 5.41) is 13.1. The fourth-order valence-corrected chi connectivity index (χ4v) is 2.15. The number of benzene rings is 2. The number of aromatic amines is 1. The molecule has 2 aromatic carbocycles. The zero-order valence-electron chi connectivity index (χ0n) is 12.0. The number of hydrogen-bond acceptors (Lipinski definition) is 4. The second-order valence-corrected chi connectivity index (χ2v) is 5.01. The molecule has 1 heterocycles. The first-order valence-electron chi connectivity index (χ1n) is 7.01. The standard InChI is InChI=1S/C16H13FN4O2/c17-11-3-1-10(2-4-11)15(22)7-8-16(23)18-12-5-6-13-14(9-12)20-21-19-13/h1-6,9H,7-8H2,(H,18,23)(H,19,20,21). The average molecular weight is 312 g/mol. The van der Waals surface area contributed by atoms with Crippen LogP contribution in [0.1, 0.15) is 23.2 Å². The number of nitrogens with zero attached hydrogens (tertiary/aromatic N) is 2. The van der Waals surface area contributed by atoms with Gasteiger partial charge in [0.1, 0.15) is 16.9 Å². The monoisotopic (exact) mass is 312 g/mol. The summed E-state index contributed by atoms with van der Waals surface area (Å²) in [6.07, 6.45) is 0.108. The third-order valence-electron chi connectivity index (χ3n) is 3.35. The van der Waals surface area contributed by atoms with Gasteiger partial charge in [0.05, 0.1) is 0 Å². The Morgan fingerprint density at radius 1 is 1.00 bits per heavy atom. The number of nitrogens with one attached hydrogen (secondary N) is 2. The summed E-state index contributed by atoms with van der Waals surface area (Å²) in [6, 6.07) is 10.4. The molecule has 7 heteroatoms. The van der Waals surface area contributed by atoms with Gasteiger partial charge in [-0.3, -0.25) is 9.59 Å². The molecule has 2 N–H and O–H groups in total. The maximum atomic E-state index is 12.8. The van der Waals surface area contributed by atoms with E-state index in [0.717, 1.165) is 0 Å². The van der Waals surface area contributed by atoms with Crippen molar-refractivity contribution in [3.63, 3.8) is 0 Å². The fourth-order valence-electron chi connectivity index (χ4n) is 2.15. The predicted octanol–water partition coefficient (Wildman–Crippen LogP) is 2.70. The molecule has 6 nitrogen and oxygen atoms in total. The van der Waals surface area contributed by atoms with Gasteiger partial charge in [-0.15, -0.1) is 0 Å². The molecule has 0 spiro atoms. The number of Topliss-reactive ketones (excluding diaryl/α,β-unsaturated/α-hetero) is 1. The van der Waals surface area contributed by atoms with Crippen LogP contribution in [-0.2, 0) is 4.79 Å². The van der Waals surface area contributed by atoms with E-state index in [1.165, 1.54) is 24.3 Å². The van der Waals surface area contributed by atoms with Crippen molar-refractivity contribution in [1.29, 1.82) is 0 Å². The Balaban J connectivity index is 1.56. The van der Waals surface area contributed by atoms with E-state index < -0.39 is 5.82 Å². The molecule has 0 atom stereocenters. The van der Waals surface area contributed by atoms with Crippen molar-refractivity contribution in [3.8, 4) is 0 Å². The van der Waals surface area contributed by atoms with Crippen molar-refractivity contribution in [2.75, 3.05) is 5.32 Å². The first kappa shape index (κ1) is 14.8. The fraction of sp³-hybridized carbons (Fsp3) is 0.125. The van der Waals surface area contributed by atoms with Crippen molar-refractivity contribution in [3.05, 3.63) is 53.8 Å². The lowest BCUT2D eigenvalue weighted by atomic mass is 10.1. The lowest BCUT2D eigenvalue weighted by molar-refractivity contribution is -0.116. The Hall–Kier alpha value is -3.09. The SMILES string of the molecule is O=C(CCC(=O)c1ccc(F)cc1)Nc1ccc2n[nH]nc2c1. The minimum absolute atomic E-state index is 0.0487. The van der Waals surface area contributed by atoms with Gasteiger partial charge >= 0.3 is 0 Å². The molecule has 0 saturated heterocycles. The highest BCUT2D eigenvalue weighted by molar-refractivity contribution is 6.00. The third kappa shape index (κ3) is 3.57. The topological polar surface area (TPSA) is 87.7 Å². The van der Waals surface area contributed by atoms with Crippen molar-refractivity contribution >= 4 is 28.4 Å². The van der Waals surface area contributed by atoms with Gasteiger partial charge in [0.25, 0.3) is 0 Å². The van der Waals surface area contributed by atoms with Crippen LogP contribution in [0.25, 0.3) is 11.0 Å². The van der Waals surface area contributed by atoms with E-state index in [1.54, 1.807) is 18.2 Å². The summed E-state index contributed by atoms with van der Waals surface area (Å²) < 4.78 is 12.8. The van der Waals surface area contributed by atoms with Gasteiger partial charge in [0, 0.05) is 24.1 Å². The van der Waals surface area contributed by atoms with Crippen LogP contribution in [0.3, 0.4) is 0 Å². The number of halogens is 1. The molecule has 0 aliphatic carbocycles. The summed E-state index contributed by atoms with van der Waals surface area (Å²) in [6.45, 7) is 0. The Morgan fingerprint density at radius 2 is 1.74 bits per heavy atom. The number of anilines is 1. The predicted molar refractivity (Wildman–Crippen MR) is 82.5 cm³/mol. The maximum absolute atomic E-state index is 12.8. The maximum Gasteiger partial charge on any atom is 0.224 e. The molecule has 0 bridgehead atoms. The number of carbonyl (C=O) groups is 2. The summed E-state index contributed by atoms with van der Waals surface area (Å²) in [4.78, 5) is 23.8. The van der Waals surface area contributed by atoms with Crippen LogP contribution >= 0.6 is 0 Å². The third-order valence-corrected chi connectivity index (χ3v) is 3.35. The second-order valence-electron chi connectivity index (χ2n) is 5.01. The first-order valence-corrected chi connectivity index (χ1v) is 7.01. The Kier molecular flexibility index (Phi) is 4.09. The normalized spacial score (nSPS) is 10.7. The van der Waals surface area contributed by atoms with Crippen LogP contribution in [0.15, 0.2) is 42.5 Å². The summed E-state index contributed by atoms with van der Waals surface area (Å²) in [5.74, 6) is -0.877. The number of rotatable bonds is 5. The van der Waals surface area contributed by atoms with Gasteiger partial charge in [-0.1, -0.05) is 0 Å². The molecule has 0 unspecified atom stereocenters. The first-order chi connectivity index (χ1) is 11.1. The molecule has 1 amide bonds. The van der Waals surface area contributed by atoms with E-state index in [4.69, 9.17) is 0 Å². The van der Waals surface area contributed by atoms with Gasteiger partial charge in [-0.2, -0.15) is 15.4 Å². The number of fused-ring (bicyclic) bond motifs is 1. The van der Waals surface area contributed by atoms with Crippen LogP contribution in [0.2, 0.25) is 0 Å². The van der Waals surface area contributed by atoms with Gasteiger partial charge in [0.2, 0.25) is 5.91 Å². The van der Waals surface area contributed by atoms with Crippen LogP contribution in [0.5, 0.6) is 0 Å².